The summed E-state index contributed by atoms with van der Waals surface area (Å²) in [4.78, 5) is 2.58. The van der Waals surface area contributed by atoms with E-state index in [1.807, 2.05) is 12.1 Å². The van der Waals surface area contributed by atoms with Gasteiger partial charge in [0.05, 0.1) is 12.7 Å². The minimum absolute atomic E-state index is 0.311. The van der Waals surface area contributed by atoms with E-state index in [4.69, 9.17) is 4.74 Å². The van der Waals surface area contributed by atoms with Crippen molar-refractivity contribution in [3.8, 4) is 5.75 Å². The van der Waals surface area contributed by atoms with Gasteiger partial charge >= 0.3 is 0 Å². The molecular weight excluding hydrogens is 341 g/mol. The van der Waals surface area contributed by atoms with Crippen molar-refractivity contribution >= 4 is 0 Å². The van der Waals surface area contributed by atoms with Crippen LogP contribution >= 0.6 is 0 Å². The topological polar surface area (TPSA) is 32.7 Å². The van der Waals surface area contributed by atoms with Crippen molar-refractivity contribution < 1.29 is 14.2 Å². The normalized spacial score (nSPS) is 28.1. The molecule has 2 heterocycles. The quantitative estimate of drug-likeness (QED) is 0.852. The first-order chi connectivity index (χ1) is 13.0. The summed E-state index contributed by atoms with van der Waals surface area (Å²) in [5.41, 5.74) is 1.36. The van der Waals surface area contributed by atoms with Crippen LogP contribution in [-0.2, 0) is 13.0 Å². The van der Waals surface area contributed by atoms with Gasteiger partial charge in [-0.2, -0.15) is 0 Å². The van der Waals surface area contributed by atoms with E-state index in [1.165, 1.54) is 24.1 Å². The number of ether oxygens (including phenoxy) is 1. The zero-order valence-electron chi connectivity index (χ0n) is 15.9. The number of methoxy groups -OCH3 is 1. The molecule has 2 aromatic carbocycles. The molecule has 27 heavy (non-hydrogen) atoms. The summed E-state index contributed by atoms with van der Waals surface area (Å²) >= 11 is 0. The Balaban J connectivity index is 1.51. The summed E-state index contributed by atoms with van der Waals surface area (Å²) in [5.74, 6) is 0.199. The van der Waals surface area contributed by atoms with Crippen molar-refractivity contribution in [2.45, 2.75) is 62.8 Å². The SMILES string of the molecule is COc1cc(F)cc(CC2(O)CC3CCCC(C2)N3Cc2ccccc2)c1. The van der Waals surface area contributed by atoms with Gasteiger partial charge in [-0.25, -0.2) is 4.39 Å². The molecule has 3 nitrogen and oxygen atoms in total. The lowest BCUT2D eigenvalue weighted by atomic mass is 9.73. The lowest BCUT2D eigenvalue weighted by Gasteiger charge is -2.52. The van der Waals surface area contributed by atoms with Gasteiger partial charge in [0.2, 0.25) is 0 Å². The number of aliphatic hydroxyl groups is 1. The van der Waals surface area contributed by atoms with E-state index in [1.54, 1.807) is 7.11 Å². The molecule has 2 bridgehead atoms. The Bertz CT molecular complexity index is 765. The predicted octanol–water partition coefficient (Wildman–Crippen LogP) is 4.33. The number of nitrogens with zero attached hydrogens (tertiary/aromatic N) is 1. The number of halogens is 1. The maximum Gasteiger partial charge on any atom is 0.127 e. The Morgan fingerprint density at radius 2 is 1.78 bits per heavy atom. The Morgan fingerprint density at radius 1 is 1.07 bits per heavy atom. The lowest BCUT2D eigenvalue weighted by molar-refractivity contribution is -0.0947. The van der Waals surface area contributed by atoms with Crippen molar-refractivity contribution in [1.82, 2.24) is 4.90 Å². The average Bonchev–Trinajstić information content (AvgIpc) is 2.63. The molecule has 144 valence electrons. The lowest BCUT2D eigenvalue weighted by Crippen LogP contribution is -2.58. The number of fused-ring (bicyclic) bond motifs is 2. The fourth-order valence-corrected chi connectivity index (χ4v) is 5.04. The third-order valence-electron chi connectivity index (χ3n) is 6.15. The molecule has 0 saturated carbocycles. The van der Waals surface area contributed by atoms with Crippen LogP contribution < -0.4 is 4.74 Å². The maximum atomic E-state index is 13.9. The molecule has 1 N–H and O–H groups in total. The van der Waals surface area contributed by atoms with Gasteiger partial charge < -0.3 is 9.84 Å². The molecule has 2 atom stereocenters. The van der Waals surface area contributed by atoms with Gasteiger partial charge in [-0.1, -0.05) is 36.8 Å². The highest BCUT2D eigenvalue weighted by Crippen LogP contribution is 2.41. The zero-order valence-corrected chi connectivity index (χ0v) is 15.9. The van der Waals surface area contributed by atoms with E-state index in [0.717, 1.165) is 37.8 Å². The zero-order chi connectivity index (χ0) is 18.9. The summed E-state index contributed by atoms with van der Waals surface area (Å²) in [6, 6.07) is 16.1. The first-order valence-electron chi connectivity index (χ1n) is 9.90. The fraction of sp³-hybridized carbons (Fsp3) is 0.478. The van der Waals surface area contributed by atoms with Gasteiger partial charge in [-0.15, -0.1) is 0 Å². The second-order valence-electron chi connectivity index (χ2n) is 8.21. The summed E-state index contributed by atoms with van der Waals surface area (Å²) in [6.07, 6.45) is 5.44. The molecule has 2 aliphatic heterocycles. The molecular formula is C23H28FNO2. The van der Waals surface area contributed by atoms with Crippen molar-refractivity contribution in [3.63, 3.8) is 0 Å². The highest BCUT2D eigenvalue weighted by Gasteiger charge is 2.45. The van der Waals surface area contributed by atoms with Crippen LogP contribution in [0.4, 0.5) is 4.39 Å². The Hall–Kier alpha value is -1.91. The van der Waals surface area contributed by atoms with Crippen molar-refractivity contribution in [3.05, 3.63) is 65.5 Å². The largest absolute Gasteiger partial charge is 0.497 e. The number of rotatable bonds is 5. The standard InChI is InChI=1S/C23H28FNO2/c1-27-22-11-18(10-19(24)12-22)13-23(26)14-20-8-5-9-21(15-23)25(20)16-17-6-3-2-4-7-17/h2-4,6-7,10-12,20-21,26H,5,8-9,13-16H2,1H3. The fourth-order valence-electron chi connectivity index (χ4n) is 5.04. The minimum atomic E-state index is -0.776. The van der Waals surface area contributed by atoms with Crippen LogP contribution in [0.2, 0.25) is 0 Å². The number of benzene rings is 2. The second-order valence-corrected chi connectivity index (χ2v) is 8.21. The first kappa shape index (κ1) is 18.5. The summed E-state index contributed by atoms with van der Waals surface area (Å²) in [7, 11) is 1.54. The highest BCUT2D eigenvalue weighted by atomic mass is 19.1. The van der Waals surface area contributed by atoms with Crippen LogP contribution in [0.5, 0.6) is 5.75 Å². The van der Waals surface area contributed by atoms with Crippen LogP contribution in [0.15, 0.2) is 48.5 Å². The molecule has 2 fully saturated rings. The molecule has 2 unspecified atom stereocenters. The average molecular weight is 369 g/mol. The van der Waals surface area contributed by atoms with Gasteiger partial charge in [-0.05, 0) is 48.9 Å². The third-order valence-corrected chi connectivity index (χ3v) is 6.15. The van der Waals surface area contributed by atoms with Gasteiger partial charge in [0.1, 0.15) is 11.6 Å². The molecule has 2 aromatic rings. The highest BCUT2D eigenvalue weighted by molar-refractivity contribution is 5.31. The van der Waals surface area contributed by atoms with Gasteiger partial charge in [0.25, 0.3) is 0 Å². The number of hydrogen-bond acceptors (Lipinski definition) is 3. The van der Waals surface area contributed by atoms with Crippen LogP contribution in [0.1, 0.15) is 43.2 Å². The first-order valence-corrected chi connectivity index (χ1v) is 9.90. The Morgan fingerprint density at radius 3 is 2.44 bits per heavy atom. The monoisotopic (exact) mass is 369 g/mol. The van der Waals surface area contributed by atoms with E-state index in [2.05, 4.69) is 29.2 Å². The Labute approximate surface area is 160 Å². The molecule has 0 amide bonds. The van der Waals surface area contributed by atoms with Gasteiger partial charge in [0.15, 0.2) is 0 Å². The molecule has 2 aliphatic rings. The number of hydrogen-bond donors (Lipinski definition) is 1. The van der Waals surface area contributed by atoms with Crippen LogP contribution in [0, 0.1) is 5.82 Å². The van der Waals surface area contributed by atoms with Crippen LogP contribution in [0.3, 0.4) is 0 Å². The Kier molecular flexibility index (Phi) is 5.20. The van der Waals surface area contributed by atoms with Crippen LogP contribution in [-0.4, -0.2) is 34.8 Å². The van der Waals surface area contributed by atoms with Crippen molar-refractivity contribution in [2.75, 3.05) is 7.11 Å². The molecule has 0 aliphatic carbocycles. The van der Waals surface area contributed by atoms with Crippen molar-refractivity contribution in [1.29, 1.82) is 0 Å². The molecule has 0 aromatic heterocycles. The summed E-state index contributed by atoms with van der Waals surface area (Å²) < 4.78 is 19.0. The van der Waals surface area contributed by atoms with E-state index in [0.29, 0.717) is 24.3 Å². The van der Waals surface area contributed by atoms with E-state index >= 15 is 0 Å². The minimum Gasteiger partial charge on any atom is -0.497 e. The van der Waals surface area contributed by atoms with Gasteiger partial charge in [0, 0.05) is 31.1 Å². The predicted molar refractivity (Wildman–Crippen MR) is 104 cm³/mol. The molecule has 2 saturated heterocycles. The van der Waals surface area contributed by atoms with E-state index in [-0.39, 0.29) is 5.82 Å². The van der Waals surface area contributed by atoms with E-state index in [9.17, 15) is 9.50 Å². The summed E-state index contributed by atoms with van der Waals surface area (Å²) in [5, 5.41) is 11.4. The molecule has 0 spiro atoms. The molecule has 0 radical (unpaired) electrons. The van der Waals surface area contributed by atoms with Gasteiger partial charge in [-0.3, -0.25) is 4.90 Å². The van der Waals surface area contributed by atoms with E-state index < -0.39 is 5.60 Å². The van der Waals surface area contributed by atoms with Crippen molar-refractivity contribution in [2.24, 2.45) is 0 Å². The number of piperidine rings is 2. The smallest absolute Gasteiger partial charge is 0.127 e. The molecule has 4 rings (SSSR count). The third kappa shape index (κ3) is 4.17. The summed E-state index contributed by atoms with van der Waals surface area (Å²) in [6.45, 7) is 0.944. The second kappa shape index (κ2) is 7.61. The van der Waals surface area contributed by atoms with Crippen LogP contribution in [0.25, 0.3) is 0 Å². The molecule has 4 heteroatoms. The maximum absolute atomic E-state index is 13.9.